The number of amides is 2. The van der Waals surface area contributed by atoms with Crippen LogP contribution in [0.4, 0.5) is 11.4 Å². The SMILES string of the molecule is Cc1ccc(NC(=O)[C@@H]2CCCN(S(=O)(=O)c3cc4c(cc3C)NC(=O)[C@H](C)O4)C2)cc1. The van der Waals surface area contributed by atoms with Crippen LogP contribution in [0.5, 0.6) is 5.75 Å². The van der Waals surface area contributed by atoms with E-state index in [9.17, 15) is 18.0 Å². The summed E-state index contributed by atoms with van der Waals surface area (Å²) in [6.45, 7) is 5.72. The number of hydrogen-bond donors (Lipinski definition) is 2. The first kappa shape index (κ1) is 22.3. The van der Waals surface area contributed by atoms with Gasteiger partial charge in [-0.3, -0.25) is 9.59 Å². The number of rotatable bonds is 4. The van der Waals surface area contributed by atoms with Crippen molar-refractivity contribution in [1.82, 2.24) is 4.31 Å². The summed E-state index contributed by atoms with van der Waals surface area (Å²) in [4.78, 5) is 24.8. The van der Waals surface area contributed by atoms with E-state index in [0.717, 1.165) is 5.56 Å². The zero-order chi connectivity index (χ0) is 23.0. The minimum Gasteiger partial charge on any atom is -0.479 e. The van der Waals surface area contributed by atoms with E-state index >= 15 is 0 Å². The molecule has 2 aliphatic heterocycles. The molecular formula is C23H27N3O5S. The summed E-state index contributed by atoms with van der Waals surface area (Å²) in [6, 6.07) is 10.6. The summed E-state index contributed by atoms with van der Waals surface area (Å²) in [7, 11) is -3.84. The Labute approximate surface area is 188 Å². The van der Waals surface area contributed by atoms with Crippen LogP contribution in [0.15, 0.2) is 41.3 Å². The van der Waals surface area contributed by atoms with E-state index in [1.807, 2.05) is 31.2 Å². The lowest BCUT2D eigenvalue weighted by atomic mass is 9.98. The minimum absolute atomic E-state index is 0.116. The number of ether oxygens (including phenoxy) is 1. The van der Waals surface area contributed by atoms with Crippen molar-refractivity contribution < 1.29 is 22.7 Å². The third-order valence-corrected chi connectivity index (χ3v) is 7.91. The largest absolute Gasteiger partial charge is 0.479 e. The van der Waals surface area contributed by atoms with E-state index in [0.29, 0.717) is 42.1 Å². The van der Waals surface area contributed by atoms with Gasteiger partial charge in [-0.25, -0.2) is 8.42 Å². The van der Waals surface area contributed by atoms with Gasteiger partial charge in [0.05, 0.1) is 16.5 Å². The molecule has 0 saturated carbocycles. The van der Waals surface area contributed by atoms with Gasteiger partial charge in [-0.05, 0) is 57.4 Å². The van der Waals surface area contributed by atoms with Crippen molar-refractivity contribution in [3.05, 3.63) is 47.5 Å². The normalized spacial score (nSPS) is 21.3. The van der Waals surface area contributed by atoms with Crippen LogP contribution in [0, 0.1) is 19.8 Å². The summed E-state index contributed by atoms with van der Waals surface area (Å²) in [5.41, 5.74) is 2.75. The maximum absolute atomic E-state index is 13.5. The van der Waals surface area contributed by atoms with E-state index in [4.69, 9.17) is 4.74 Å². The fourth-order valence-electron chi connectivity index (χ4n) is 4.02. The van der Waals surface area contributed by atoms with E-state index in [1.165, 1.54) is 10.4 Å². The van der Waals surface area contributed by atoms with Crippen LogP contribution < -0.4 is 15.4 Å². The van der Waals surface area contributed by atoms with Crippen LogP contribution in [0.1, 0.15) is 30.9 Å². The van der Waals surface area contributed by atoms with Gasteiger partial charge in [0, 0.05) is 24.8 Å². The molecule has 9 heteroatoms. The maximum Gasteiger partial charge on any atom is 0.265 e. The molecule has 0 radical (unpaired) electrons. The van der Waals surface area contributed by atoms with Crippen molar-refractivity contribution in [2.45, 2.75) is 44.6 Å². The number of aryl methyl sites for hydroxylation is 2. The summed E-state index contributed by atoms with van der Waals surface area (Å²) in [5.74, 6) is -0.568. The summed E-state index contributed by atoms with van der Waals surface area (Å²) in [5, 5.41) is 5.62. The molecule has 8 nitrogen and oxygen atoms in total. The Morgan fingerprint density at radius 2 is 1.91 bits per heavy atom. The fraction of sp³-hybridized carbons (Fsp3) is 0.391. The monoisotopic (exact) mass is 457 g/mol. The highest BCUT2D eigenvalue weighted by atomic mass is 32.2. The number of hydrogen-bond acceptors (Lipinski definition) is 5. The lowest BCUT2D eigenvalue weighted by Gasteiger charge is -2.32. The van der Waals surface area contributed by atoms with Gasteiger partial charge >= 0.3 is 0 Å². The van der Waals surface area contributed by atoms with Gasteiger partial charge < -0.3 is 15.4 Å². The van der Waals surface area contributed by atoms with Crippen LogP contribution in [-0.2, 0) is 19.6 Å². The summed E-state index contributed by atoms with van der Waals surface area (Å²) < 4.78 is 33.9. The van der Waals surface area contributed by atoms with Crippen LogP contribution in [0.2, 0.25) is 0 Å². The van der Waals surface area contributed by atoms with Crippen molar-refractivity contribution in [3.63, 3.8) is 0 Å². The molecule has 0 spiro atoms. The smallest absolute Gasteiger partial charge is 0.265 e. The van der Waals surface area contributed by atoms with Crippen molar-refractivity contribution in [2.75, 3.05) is 23.7 Å². The van der Waals surface area contributed by atoms with E-state index in [-0.39, 0.29) is 23.3 Å². The average molecular weight is 458 g/mol. The van der Waals surface area contributed by atoms with E-state index in [1.54, 1.807) is 19.9 Å². The topological polar surface area (TPSA) is 105 Å². The second kappa shape index (κ2) is 8.55. The van der Waals surface area contributed by atoms with Gasteiger partial charge in [0.2, 0.25) is 15.9 Å². The Bertz CT molecular complexity index is 1160. The predicted molar refractivity (Wildman–Crippen MR) is 121 cm³/mol. The van der Waals surface area contributed by atoms with Gasteiger partial charge in [-0.1, -0.05) is 17.7 Å². The molecule has 0 bridgehead atoms. The van der Waals surface area contributed by atoms with Crippen molar-refractivity contribution in [1.29, 1.82) is 0 Å². The Morgan fingerprint density at radius 3 is 2.62 bits per heavy atom. The van der Waals surface area contributed by atoms with E-state index in [2.05, 4.69) is 10.6 Å². The first-order chi connectivity index (χ1) is 15.1. The number of nitrogens with one attached hydrogen (secondary N) is 2. The molecule has 2 amide bonds. The molecule has 2 aromatic carbocycles. The first-order valence-corrected chi connectivity index (χ1v) is 12.1. The Hall–Kier alpha value is -2.91. The van der Waals surface area contributed by atoms with Gasteiger partial charge in [0.1, 0.15) is 5.75 Å². The zero-order valence-corrected chi connectivity index (χ0v) is 19.2. The fourth-order valence-corrected chi connectivity index (χ4v) is 5.76. The lowest BCUT2D eigenvalue weighted by Crippen LogP contribution is -2.44. The third kappa shape index (κ3) is 4.35. The number of carbonyl (C=O) groups excluding carboxylic acids is 2. The van der Waals surface area contributed by atoms with Gasteiger partial charge in [0.15, 0.2) is 6.10 Å². The third-order valence-electron chi connectivity index (χ3n) is 5.90. The number of nitrogens with zero attached hydrogens (tertiary/aromatic N) is 1. The number of benzene rings is 2. The van der Waals surface area contributed by atoms with Gasteiger partial charge in [-0.2, -0.15) is 4.31 Å². The van der Waals surface area contributed by atoms with Crippen molar-refractivity contribution in [3.8, 4) is 5.75 Å². The van der Waals surface area contributed by atoms with Crippen LogP contribution in [-0.4, -0.2) is 43.7 Å². The number of carbonyl (C=O) groups is 2. The first-order valence-electron chi connectivity index (χ1n) is 10.6. The number of piperidine rings is 1. The van der Waals surface area contributed by atoms with E-state index < -0.39 is 22.0 Å². The van der Waals surface area contributed by atoms with Crippen LogP contribution >= 0.6 is 0 Å². The van der Waals surface area contributed by atoms with Crippen molar-refractivity contribution in [2.24, 2.45) is 5.92 Å². The second-order valence-electron chi connectivity index (χ2n) is 8.42. The highest BCUT2D eigenvalue weighted by molar-refractivity contribution is 7.89. The molecule has 2 atom stereocenters. The molecule has 2 heterocycles. The van der Waals surface area contributed by atoms with Crippen LogP contribution in [0.3, 0.4) is 0 Å². The molecule has 0 aliphatic carbocycles. The molecule has 170 valence electrons. The molecule has 1 saturated heterocycles. The second-order valence-corrected chi connectivity index (χ2v) is 10.3. The maximum atomic E-state index is 13.5. The number of sulfonamides is 1. The van der Waals surface area contributed by atoms with Gasteiger partial charge in [0.25, 0.3) is 5.91 Å². The molecule has 2 N–H and O–H groups in total. The standard InChI is InChI=1S/C23H27N3O5S/c1-14-6-8-18(9-7-14)24-23(28)17-5-4-10-26(13-17)32(29,30)21-12-20-19(11-15(21)2)25-22(27)16(3)31-20/h6-9,11-12,16-17H,4-5,10,13H2,1-3H3,(H,24,28)(H,25,27)/t16-,17+/m0/s1. The Morgan fingerprint density at radius 1 is 1.19 bits per heavy atom. The molecule has 4 rings (SSSR count). The molecule has 2 aliphatic rings. The average Bonchev–Trinajstić information content (AvgIpc) is 2.76. The molecule has 0 unspecified atom stereocenters. The Balaban J connectivity index is 1.54. The molecule has 0 aromatic heterocycles. The van der Waals surface area contributed by atoms with Crippen LogP contribution in [0.25, 0.3) is 0 Å². The minimum atomic E-state index is -3.84. The number of anilines is 2. The van der Waals surface area contributed by atoms with Crippen molar-refractivity contribution >= 4 is 33.2 Å². The summed E-state index contributed by atoms with van der Waals surface area (Å²) in [6.07, 6.45) is 0.517. The zero-order valence-electron chi connectivity index (χ0n) is 18.3. The predicted octanol–water partition coefficient (Wildman–Crippen LogP) is 3.06. The molecule has 2 aromatic rings. The molecule has 1 fully saturated rings. The highest BCUT2D eigenvalue weighted by Crippen LogP contribution is 2.36. The highest BCUT2D eigenvalue weighted by Gasteiger charge is 2.35. The molecular weight excluding hydrogens is 430 g/mol. The quantitative estimate of drug-likeness (QED) is 0.734. The van der Waals surface area contributed by atoms with Gasteiger partial charge in [-0.15, -0.1) is 0 Å². The lowest BCUT2D eigenvalue weighted by molar-refractivity contribution is -0.123. The summed E-state index contributed by atoms with van der Waals surface area (Å²) >= 11 is 0. The Kier molecular flexibility index (Phi) is 5.96. The molecule has 32 heavy (non-hydrogen) atoms. The number of fused-ring (bicyclic) bond motifs is 1.